The maximum absolute atomic E-state index is 13.0. The van der Waals surface area contributed by atoms with Gasteiger partial charge in [0.25, 0.3) is 5.56 Å². The first-order valence-corrected chi connectivity index (χ1v) is 18.6. The second-order valence-electron chi connectivity index (χ2n) is 13.8. The molecule has 0 saturated carbocycles. The van der Waals surface area contributed by atoms with Crippen molar-refractivity contribution in [3.8, 4) is 5.88 Å². The van der Waals surface area contributed by atoms with Crippen LogP contribution in [0.1, 0.15) is 46.7 Å². The number of aromatic amines is 1. The average molecular weight is 767 g/mol. The summed E-state index contributed by atoms with van der Waals surface area (Å²) in [6.07, 6.45) is 1.46. The van der Waals surface area contributed by atoms with E-state index in [0.29, 0.717) is 60.7 Å². The van der Waals surface area contributed by atoms with Crippen LogP contribution in [0.15, 0.2) is 59.4 Å². The molecule has 3 amide bonds. The molecule has 0 bridgehead atoms. The number of benzene rings is 2. The van der Waals surface area contributed by atoms with Crippen LogP contribution in [-0.2, 0) is 43.2 Å². The van der Waals surface area contributed by atoms with E-state index in [1.807, 2.05) is 49.4 Å². The van der Waals surface area contributed by atoms with Gasteiger partial charge in [0.1, 0.15) is 12.4 Å². The highest BCUT2D eigenvalue weighted by Gasteiger charge is 2.28. The number of aryl methyl sites for hydroxylation is 3. The van der Waals surface area contributed by atoms with Crippen LogP contribution < -0.4 is 25.0 Å². The van der Waals surface area contributed by atoms with Gasteiger partial charge in [0.15, 0.2) is 5.78 Å². The fourth-order valence-electron chi connectivity index (χ4n) is 6.58. The molecule has 2 aromatic heterocycles. The number of likely N-dealkylation sites (N-methyl/N-ethyl adjacent to an activating group) is 1. The molecule has 1 N–H and O–H groups in total. The van der Waals surface area contributed by atoms with Crippen molar-refractivity contribution < 1.29 is 28.7 Å². The van der Waals surface area contributed by atoms with E-state index in [2.05, 4.69) is 24.8 Å². The lowest BCUT2D eigenvalue weighted by atomic mass is 10.00. The van der Waals surface area contributed by atoms with Crippen molar-refractivity contribution in [3.63, 3.8) is 0 Å². The van der Waals surface area contributed by atoms with Gasteiger partial charge in [0.05, 0.1) is 26.9 Å². The summed E-state index contributed by atoms with van der Waals surface area (Å²) in [6, 6.07) is 16.6. The van der Waals surface area contributed by atoms with E-state index in [1.165, 1.54) is 9.80 Å². The Bertz CT molecular complexity index is 2100. The second-order valence-corrected chi connectivity index (χ2v) is 13.8. The van der Waals surface area contributed by atoms with Gasteiger partial charge in [-0.05, 0) is 57.4 Å². The molecule has 2 aliphatic rings. The molecule has 4 heterocycles. The van der Waals surface area contributed by atoms with Gasteiger partial charge in [0.2, 0.25) is 29.5 Å². The highest BCUT2D eigenvalue weighted by atomic mass is 16.5. The number of aromatic nitrogens is 4. The number of amides is 3. The summed E-state index contributed by atoms with van der Waals surface area (Å²) >= 11 is 0. The Kier molecular flexibility index (Phi) is 14.0. The highest BCUT2D eigenvalue weighted by molar-refractivity contribution is 6.03. The Morgan fingerprint density at radius 3 is 2.18 bits per heavy atom. The first-order valence-electron chi connectivity index (χ1n) is 18.6. The maximum atomic E-state index is 13.0. The van der Waals surface area contributed by atoms with Gasteiger partial charge in [-0.1, -0.05) is 36.4 Å². The monoisotopic (exact) mass is 766 g/mol. The number of carbonyl (C=O) groups is 4. The van der Waals surface area contributed by atoms with Gasteiger partial charge < -0.3 is 34.1 Å². The van der Waals surface area contributed by atoms with E-state index in [0.717, 1.165) is 35.6 Å². The summed E-state index contributed by atoms with van der Waals surface area (Å²) in [5.74, 6) is 1.23. The number of anilines is 3. The van der Waals surface area contributed by atoms with Gasteiger partial charge in [-0.25, -0.2) is 9.97 Å². The number of nitrogens with one attached hydrogen (secondary N) is 1. The first kappa shape index (κ1) is 41.2. The zero-order valence-electron chi connectivity index (χ0n) is 33.0. The summed E-state index contributed by atoms with van der Waals surface area (Å²) in [4.78, 5) is 84.8. The van der Waals surface area contributed by atoms with Crippen LogP contribution in [0.5, 0.6) is 5.88 Å². The molecule has 0 unspecified atom stereocenters. The van der Waals surface area contributed by atoms with Crippen LogP contribution in [0.4, 0.5) is 17.3 Å². The van der Waals surface area contributed by atoms with Gasteiger partial charge in [0, 0.05) is 80.3 Å². The van der Waals surface area contributed by atoms with Gasteiger partial charge in [-0.2, -0.15) is 4.98 Å². The number of rotatable bonds is 11. The zero-order chi connectivity index (χ0) is 40.4. The minimum Gasteiger partial charge on any atom is -0.481 e. The van der Waals surface area contributed by atoms with Crippen molar-refractivity contribution in [2.24, 2.45) is 0 Å². The fourth-order valence-corrected chi connectivity index (χ4v) is 6.58. The lowest BCUT2D eigenvalue weighted by Crippen LogP contribution is -2.40. The summed E-state index contributed by atoms with van der Waals surface area (Å²) < 4.78 is 10.9. The number of carbonyl (C=O) groups excluding carboxylic acids is 4. The van der Waals surface area contributed by atoms with Crippen molar-refractivity contribution in [3.05, 3.63) is 98.9 Å². The number of fused-ring (bicyclic) bond motifs is 1. The number of nitrogens with zero attached hydrogens (tertiary/aromatic N) is 7. The van der Waals surface area contributed by atoms with Crippen LogP contribution >= 0.6 is 0 Å². The molecular formula is C41H50N8O7. The molecular weight excluding hydrogens is 716 g/mol. The molecule has 2 aromatic carbocycles. The van der Waals surface area contributed by atoms with Crippen molar-refractivity contribution in [1.29, 1.82) is 0 Å². The number of morpholine rings is 1. The predicted octanol–water partition coefficient (Wildman–Crippen LogP) is 3.16. The maximum Gasteiger partial charge on any atom is 0.254 e. The van der Waals surface area contributed by atoms with Crippen molar-refractivity contribution in [2.45, 2.75) is 52.9 Å². The Labute approximate surface area is 326 Å². The van der Waals surface area contributed by atoms with Gasteiger partial charge >= 0.3 is 0 Å². The molecule has 15 heteroatoms. The molecule has 0 spiro atoms. The SMILES string of the molecule is COc1nc(N2CCOCC2)nc(C)c1CCC(=O)N1CC(=O)Cc2ccccc21.Cc1nc(C)c(CCC(=O)N(CC(=O)N(C)C)c2ccccc2)c(=O)[nH]1. The third-order valence-corrected chi connectivity index (χ3v) is 9.64. The van der Waals surface area contributed by atoms with E-state index >= 15 is 0 Å². The fraction of sp³-hybridized carbons (Fsp3) is 0.415. The highest BCUT2D eigenvalue weighted by Crippen LogP contribution is 2.28. The molecule has 4 aromatic rings. The normalized spacial score (nSPS) is 13.6. The number of ketones is 1. The van der Waals surface area contributed by atoms with Crippen LogP contribution in [0.25, 0.3) is 0 Å². The molecule has 6 rings (SSSR count). The van der Waals surface area contributed by atoms with E-state index in [1.54, 1.807) is 52.1 Å². The van der Waals surface area contributed by atoms with Crippen LogP contribution in [0.2, 0.25) is 0 Å². The molecule has 15 nitrogen and oxygen atoms in total. The smallest absolute Gasteiger partial charge is 0.254 e. The topological polar surface area (TPSA) is 171 Å². The lowest BCUT2D eigenvalue weighted by molar-refractivity contribution is -0.129. The number of hydrogen-bond acceptors (Lipinski definition) is 11. The number of Topliss-reactive ketones (excluding diaryl/α,β-unsaturated/α-hetero) is 1. The van der Waals surface area contributed by atoms with Crippen molar-refractivity contribution in [2.75, 3.05) is 75.3 Å². The molecule has 56 heavy (non-hydrogen) atoms. The lowest BCUT2D eigenvalue weighted by Gasteiger charge is -2.29. The third kappa shape index (κ3) is 10.4. The number of ether oxygens (including phenoxy) is 2. The van der Waals surface area contributed by atoms with E-state index in [9.17, 15) is 24.0 Å². The van der Waals surface area contributed by atoms with Gasteiger partial charge in [-0.15, -0.1) is 0 Å². The Balaban J connectivity index is 0.000000217. The van der Waals surface area contributed by atoms with Crippen molar-refractivity contribution in [1.82, 2.24) is 24.8 Å². The summed E-state index contributed by atoms with van der Waals surface area (Å²) in [7, 11) is 4.88. The Morgan fingerprint density at radius 1 is 0.839 bits per heavy atom. The molecule has 0 atom stereocenters. The van der Waals surface area contributed by atoms with E-state index < -0.39 is 0 Å². The molecule has 1 fully saturated rings. The molecule has 0 radical (unpaired) electrons. The molecule has 2 aliphatic heterocycles. The predicted molar refractivity (Wildman–Crippen MR) is 212 cm³/mol. The first-order chi connectivity index (χ1) is 26.9. The van der Waals surface area contributed by atoms with Crippen LogP contribution in [-0.4, -0.2) is 109 Å². The number of hydrogen-bond donors (Lipinski definition) is 1. The van der Waals surface area contributed by atoms with Crippen LogP contribution in [0, 0.1) is 20.8 Å². The Morgan fingerprint density at radius 2 is 1.50 bits per heavy atom. The number of H-pyrrole nitrogens is 1. The third-order valence-electron chi connectivity index (χ3n) is 9.64. The average Bonchev–Trinajstić information content (AvgIpc) is 3.19. The molecule has 0 aliphatic carbocycles. The van der Waals surface area contributed by atoms with E-state index in [4.69, 9.17) is 9.47 Å². The van der Waals surface area contributed by atoms with E-state index in [-0.39, 0.29) is 61.4 Å². The summed E-state index contributed by atoms with van der Waals surface area (Å²) in [5, 5.41) is 0. The summed E-state index contributed by atoms with van der Waals surface area (Å²) in [5.41, 5.74) is 4.88. The number of methoxy groups -OCH3 is 1. The summed E-state index contributed by atoms with van der Waals surface area (Å²) in [6.45, 7) is 8.24. The minimum atomic E-state index is -0.224. The minimum absolute atomic E-state index is 0.0443. The quantitative estimate of drug-likeness (QED) is 0.238. The molecule has 296 valence electrons. The van der Waals surface area contributed by atoms with Crippen LogP contribution in [0.3, 0.4) is 0 Å². The molecule has 1 saturated heterocycles. The van der Waals surface area contributed by atoms with Gasteiger partial charge in [-0.3, -0.25) is 24.0 Å². The van der Waals surface area contributed by atoms with Crippen molar-refractivity contribution >= 4 is 40.8 Å². The standard InChI is InChI=1S/C22H26N4O4.C19H24N4O3/c1-15-18(21(29-2)24-22(23-15)25-9-11-30-12-10-25)7-8-20(28)26-14-17(27)13-16-5-3-4-6-19(16)26;1-13-16(19(26)21-14(2)20-13)10-11-17(24)23(12-18(25)22(3)4)15-8-6-5-7-9-15/h3-6H,7-14H2,1-2H3;5-9H,10-12H2,1-4H3,(H,20,21,26). The second kappa shape index (κ2) is 19.1. The number of para-hydroxylation sites is 2. The Hall–Kier alpha value is -5.96. The zero-order valence-corrected chi connectivity index (χ0v) is 33.0. The largest absolute Gasteiger partial charge is 0.481 e.